The molecule has 0 aliphatic heterocycles. The van der Waals surface area contributed by atoms with Gasteiger partial charge in [0, 0.05) is 28.9 Å². The second kappa shape index (κ2) is 6.25. The fourth-order valence-electron chi connectivity index (χ4n) is 3.19. The van der Waals surface area contributed by atoms with E-state index in [9.17, 15) is 5.11 Å². The summed E-state index contributed by atoms with van der Waals surface area (Å²) in [6.45, 7) is 6.27. The molecular formula is C19H23N2OP. The Balaban J connectivity index is 2.24. The van der Waals surface area contributed by atoms with Crippen molar-refractivity contribution in [2.45, 2.75) is 33.4 Å². The van der Waals surface area contributed by atoms with Crippen LogP contribution in [0.1, 0.15) is 29.7 Å². The van der Waals surface area contributed by atoms with E-state index in [1.807, 2.05) is 18.2 Å². The zero-order valence-corrected chi connectivity index (χ0v) is 15.0. The summed E-state index contributed by atoms with van der Waals surface area (Å²) in [6.07, 6.45) is 1.77. The summed E-state index contributed by atoms with van der Waals surface area (Å²) >= 11 is 0. The number of nitrogens with zero attached hydrogens (tertiary/aromatic N) is 2. The van der Waals surface area contributed by atoms with Crippen molar-refractivity contribution >= 4 is 9.24 Å². The number of aromatic nitrogens is 2. The SMILES string of the molecule is CCc1ccc(C)n1-c1cccc(-n2c(C)ccc2CP)c1O. The van der Waals surface area contributed by atoms with Crippen LogP contribution in [0.15, 0.2) is 42.5 Å². The average molecular weight is 326 g/mol. The highest BCUT2D eigenvalue weighted by Crippen LogP contribution is 2.33. The van der Waals surface area contributed by atoms with Gasteiger partial charge in [0.2, 0.25) is 0 Å². The maximum atomic E-state index is 11.0. The van der Waals surface area contributed by atoms with E-state index in [0.29, 0.717) is 5.75 Å². The molecule has 3 aromatic rings. The van der Waals surface area contributed by atoms with Crippen molar-refractivity contribution < 1.29 is 5.11 Å². The molecule has 0 amide bonds. The van der Waals surface area contributed by atoms with E-state index in [1.165, 1.54) is 11.4 Å². The minimum absolute atomic E-state index is 0.320. The zero-order chi connectivity index (χ0) is 16.6. The van der Waals surface area contributed by atoms with Gasteiger partial charge in [0.1, 0.15) is 0 Å². The van der Waals surface area contributed by atoms with Gasteiger partial charge in [0.25, 0.3) is 0 Å². The molecule has 23 heavy (non-hydrogen) atoms. The minimum atomic E-state index is 0.320. The van der Waals surface area contributed by atoms with Crippen LogP contribution in [0.2, 0.25) is 0 Å². The summed E-state index contributed by atoms with van der Waals surface area (Å²) in [6, 6.07) is 14.4. The van der Waals surface area contributed by atoms with Crippen LogP contribution in [0.4, 0.5) is 0 Å². The second-order valence-electron chi connectivity index (χ2n) is 5.81. The standard InChI is InChI=1S/C19H23N2OP/c1-4-15-10-8-13(2)20(15)17-6-5-7-18(19(17)22)21-14(3)9-11-16(21)12-23/h5-11,22H,4,12,23H2,1-3H3. The number of hydrogen-bond acceptors (Lipinski definition) is 1. The molecule has 0 fully saturated rings. The van der Waals surface area contributed by atoms with Crippen LogP contribution in [0.25, 0.3) is 11.4 Å². The van der Waals surface area contributed by atoms with Crippen molar-refractivity contribution in [3.05, 3.63) is 65.2 Å². The van der Waals surface area contributed by atoms with Crippen LogP contribution < -0.4 is 0 Å². The predicted molar refractivity (Wildman–Crippen MR) is 99.0 cm³/mol. The fourth-order valence-corrected chi connectivity index (χ4v) is 3.51. The van der Waals surface area contributed by atoms with Crippen molar-refractivity contribution in [1.82, 2.24) is 9.13 Å². The smallest absolute Gasteiger partial charge is 0.163 e. The van der Waals surface area contributed by atoms with Crippen molar-refractivity contribution in [1.29, 1.82) is 0 Å². The van der Waals surface area contributed by atoms with E-state index in [2.05, 4.69) is 63.4 Å². The van der Waals surface area contributed by atoms with Gasteiger partial charge >= 0.3 is 0 Å². The summed E-state index contributed by atoms with van der Waals surface area (Å²) in [5, 5.41) is 11.0. The van der Waals surface area contributed by atoms with Gasteiger partial charge < -0.3 is 14.2 Å². The summed E-state index contributed by atoms with van der Waals surface area (Å²) < 4.78 is 4.26. The number of aryl methyl sites for hydroxylation is 3. The van der Waals surface area contributed by atoms with Gasteiger partial charge in [-0.1, -0.05) is 13.0 Å². The topological polar surface area (TPSA) is 30.1 Å². The molecule has 3 nitrogen and oxygen atoms in total. The Morgan fingerprint density at radius 1 is 0.870 bits per heavy atom. The molecule has 0 aliphatic carbocycles. The molecule has 2 heterocycles. The van der Waals surface area contributed by atoms with Gasteiger partial charge in [-0.2, -0.15) is 0 Å². The van der Waals surface area contributed by atoms with Gasteiger partial charge in [-0.05, 0) is 56.7 Å². The molecule has 1 atom stereocenters. The lowest BCUT2D eigenvalue weighted by molar-refractivity contribution is 0.468. The highest BCUT2D eigenvalue weighted by atomic mass is 31.0. The number of phenolic OH excluding ortho intramolecular Hbond substituents is 1. The normalized spacial score (nSPS) is 11.1. The van der Waals surface area contributed by atoms with E-state index in [4.69, 9.17) is 0 Å². The van der Waals surface area contributed by atoms with E-state index in [1.54, 1.807) is 0 Å². The number of rotatable bonds is 4. The first-order valence-corrected chi connectivity index (χ1v) is 8.77. The van der Waals surface area contributed by atoms with Crippen LogP contribution in [-0.4, -0.2) is 14.2 Å². The van der Waals surface area contributed by atoms with Crippen LogP contribution in [0.5, 0.6) is 5.75 Å². The Morgan fingerprint density at radius 2 is 1.39 bits per heavy atom. The second-order valence-corrected chi connectivity index (χ2v) is 6.21. The summed E-state index contributed by atoms with van der Waals surface area (Å²) in [5.74, 6) is 0.320. The number of phenols is 1. The quantitative estimate of drug-likeness (QED) is 0.702. The number of benzene rings is 1. The third kappa shape index (κ3) is 2.60. The molecule has 1 aromatic carbocycles. The maximum absolute atomic E-state index is 11.0. The van der Waals surface area contributed by atoms with Crippen LogP contribution in [-0.2, 0) is 12.6 Å². The van der Waals surface area contributed by atoms with Crippen LogP contribution >= 0.6 is 9.24 Å². The summed E-state index contributed by atoms with van der Waals surface area (Å²) in [4.78, 5) is 0. The third-order valence-corrected chi connectivity index (χ3v) is 4.78. The van der Waals surface area contributed by atoms with Crippen LogP contribution in [0, 0.1) is 13.8 Å². The van der Waals surface area contributed by atoms with E-state index in [-0.39, 0.29) is 0 Å². The van der Waals surface area contributed by atoms with E-state index in [0.717, 1.165) is 35.3 Å². The minimum Gasteiger partial charge on any atom is -0.504 e. The molecule has 2 aromatic heterocycles. The number of aromatic hydroxyl groups is 1. The number of hydrogen-bond donors (Lipinski definition) is 1. The first-order chi connectivity index (χ1) is 11.1. The Bertz CT molecular complexity index is 779. The lowest BCUT2D eigenvalue weighted by atomic mass is 10.2. The molecule has 0 aliphatic rings. The molecule has 0 spiro atoms. The van der Waals surface area contributed by atoms with Gasteiger partial charge in [0.15, 0.2) is 5.75 Å². The van der Waals surface area contributed by atoms with Gasteiger partial charge in [-0.3, -0.25) is 0 Å². The van der Waals surface area contributed by atoms with Gasteiger partial charge in [0.05, 0.1) is 11.4 Å². The molecular weight excluding hydrogens is 303 g/mol. The average Bonchev–Trinajstić information content (AvgIpc) is 3.10. The predicted octanol–water partition coefficient (Wildman–Crippen LogP) is 4.53. The first-order valence-electron chi connectivity index (χ1n) is 7.95. The Hall–Kier alpha value is -1.99. The largest absolute Gasteiger partial charge is 0.504 e. The zero-order valence-electron chi connectivity index (χ0n) is 13.9. The molecule has 0 saturated heterocycles. The highest BCUT2D eigenvalue weighted by Gasteiger charge is 2.16. The Kier molecular flexibility index (Phi) is 4.32. The molecule has 3 rings (SSSR count). The third-order valence-electron chi connectivity index (χ3n) is 4.36. The van der Waals surface area contributed by atoms with Gasteiger partial charge in [-0.15, -0.1) is 9.24 Å². The highest BCUT2D eigenvalue weighted by molar-refractivity contribution is 7.15. The van der Waals surface area contributed by atoms with E-state index < -0.39 is 0 Å². The molecule has 1 unspecified atom stereocenters. The lowest BCUT2D eigenvalue weighted by Crippen LogP contribution is -2.05. The van der Waals surface area contributed by atoms with E-state index >= 15 is 0 Å². The summed E-state index contributed by atoms with van der Waals surface area (Å²) in [5.41, 5.74) is 6.28. The fraction of sp³-hybridized carbons (Fsp3) is 0.263. The first kappa shape index (κ1) is 15.9. The maximum Gasteiger partial charge on any atom is 0.163 e. The van der Waals surface area contributed by atoms with Crippen LogP contribution in [0.3, 0.4) is 0 Å². The Labute approximate surface area is 139 Å². The molecule has 120 valence electrons. The van der Waals surface area contributed by atoms with Crippen molar-refractivity contribution in [3.8, 4) is 17.1 Å². The lowest BCUT2D eigenvalue weighted by Gasteiger charge is -2.18. The summed E-state index contributed by atoms with van der Waals surface area (Å²) in [7, 11) is 2.75. The van der Waals surface area contributed by atoms with Crippen molar-refractivity contribution in [2.75, 3.05) is 0 Å². The van der Waals surface area contributed by atoms with Gasteiger partial charge in [-0.25, -0.2) is 0 Å². The number of para-hydroxylation sites is 1. The monoisotopic (exact) mass is 326 g/mol. The molecule has 4 heteroatoms. The van der Waals surface area contributed by atoms with Crippen molar-refractivity contribution in [2.24, 2.45) is 0 Å². The molecule has 0 bridgehead atoms. The Morgan fingerprint density at radius 3 is 1.91 bits per heavy atom. The molecule has 0 saturated carbocycles. The van der Waals surface area contributed by atoms with Crippen molar-refractivity contribution in [3.63, 3.8) is 0 Å². The molecule has 1 N–H and O–H groups in total. The molecule has 0 radical (unpaired) electrons.